The molecule has 0 aliphatic carbocycles. The summed E-state index contributed by atoms with van der Waals surface area (Å²) in [5.74, 6) is 0. The Hall–Kier alpha value is -1.66. The number of alkyl halides is 3. The predicted molar refractivity (Wildman–Crippen MR) is 75.9 cm³/mol. The number of thiophene rings is 1. The van der Waals surface area contributed by atoms with Crippen molar-refractivity contribution in [1.82, 2.24) is 4.98 Å². The second kappa shape index (κ2) is 5.03. The molecule has 0 saturated carbocycles. The molecule has 20 heavy (non-hydrogen) atoms. The molecule has 0 fully saturated rings. The number of hydrogen-bond acceptors (Lipinski definition) is 3. The Kier molecular flexibility index (Phi) is 3.35. The Labute approximate surface area is 121 Å². The minimum Gasteiger partial charge on any atom is -0.235 e. The second-order valence-electron chi connectivity index (χ2n) is 4.09. The lowest BCUT2D eigenvalue weighted by Gasteiger charge is -2.06. The maximum atomic E-state index is 12.5. The molecule has 1 aromatic carbocycles. The van der Waals surface area contributed by atoms with Crippen molar-refractivity contribution in [1.29, 1.82) is 0 Å². The summed E-state index contributed by atoms with van der Waals surface area (Å²) < 4.78 is 37.5. The molecule has 0 saturated heterocycles. The van der Waals surface area contributed by atoms with E-state index in [2.05, 4.69) is 4.98 Å². The molecule has 6 heteroatoms. The minimum absolute atomic E-state index is 0.642. The first kappa shape index (κ1) is 13.3. The van der Waals surface area contributed by atoms with Crippen LogP contribution in [0.15, 0.2) is 47.2 Å². The normalized spacial score (nSPS) is 11.8. The molecule has 3 aromatic rings. The third kappa shape index (κ3) is 2.62. The van der Waals surface area contributed by atoms with Crippen LogP contribution in [0.2, 0.25) is 0 Å². The molecule has 0 spiro atoms. The number of rotatable bonds is 2. The van der Waals surface area contributed by atoms with Crippen molar-refractivity contribution in [3.8, 4) is 21.1 Å². The maximum absolute atomic E-state index is 12.5. The Morgan fingerprint density at radius 1 is 0.950 bits per heavy atom. The third-order valence-corrected chi connectivity index (χ3v) is 4.52. The first-order chi connectivity index (χ1) is 9.54. The first-order valence-corrected chi connectivity index (χ1v) is 7.47. The van der Waals surface area contributed by atoms with Gasteiger partial charge in [0.05, 0.1) is 16.1 Å². The van der Waals surface area contributed by atoms with E-state index in [9.17, 15) is 13.2 Å². The number of aromatic nitrogens is 1. The molecule has 0 bridgehead atoms. The summed E-state index contributed by atoms with van der Waals surface area (Å²) in [4.78, 5) is 5.52. The fourth-order valence-corrected chi connectivity index (χ4v) is 3.33. The van der Waals surface area contributed by atoms with Gasteiger partial charge in [0.1, 0.15) is 5.01 Å². The second-order valence-corrected chi connectivity index (χ2v) is 5.90. The zero-order valence-electron chi connectivity index (χ0n) is 10.0. The van der Waals surface area contributed by atoms with Crippen molar-refractivity contribution in [2.45, 2.75) is 6.18 Å². The van der Waals surface area contributed by atoms with E-state index >= 15 is 0 Å². The average molecular weight is 311 g/mol. The van der Waals surface area contributed by atoms with Gasteiger partial charge >= 0.3 is 6.18 Å². The lowest BCUT2D eigenvalue weighted by atomic mass is 10.1. The maximum Gasteiger partial charge on any atom is 0.416 e. The van der Waals surface area contributed by atoms with Gasteiger partial charge in [-0.25, -0.2) is 4.98 Å². The van der Waals surface area contributed by atoms with E-state index in [1.54, 1.807) is 11.3 Å². The highest BCUT2D eigenvalue weighted by molar-refractivity contribution is 7.15. The molecular formula is C14H8F3NS2. The summed E-state index contributed by atoms with van der Waals surface area (Å²) in [5.41, 5.74) is 0.919. The molecular weight excluding hydrogens is 303 g/mol. The molecule has 1 nitrogen and oxygen atoms in total. The van der Waals surface area contributed by atoms with E-state index in [0.29, 0.717) is 5.56 Å². The first-order valence-electron chi connectivity index (χ1n) is 5.71. The Morgan fingerprint density at radius 3 is 2.30 bits per heavy atom. The van der Waals surface area contributed by atoms with Crippen molar-refractivity contribution in [3.05, 3.63) is 52.7 Å². The molecule has 0 aliphatic heterocycles. The van der Waals surface area contributed by atoms with Gasteiger partial charge in [-0.1, -0.05) is 18.2 Å². The standard InChI is InChI=1S/C14H8F3NS2/c15-14(16,17)10-5-3-9(4-6-10)13-18-11(8-20-13)12-2-1-7-19-12/h1-8H. The fourth-order valence-electron chi connectivity index (χ4n) is 1.75. The molecule has 0 unspecified atom stereocenters. The van der Waals surface area contributed by atoms with Crippen molar-refractivity contribution in [2.24, 2.45) is 0 Å². The molecule has 3 rings (SSSR count). The van der Waals surface area contributed by atoms with Gasteiger partial charge in [-0.2, -0.15) is 13.2 Å². The molecule has 2 heterocycles. The van der Waals surface area contributed by atoms with Crippen LogP contribution in [0.3, 0.4) is 0 Å². The van der Waals surface area contributed by atoms with Crippen LogP contribution < -0.4 is 0 Å². The Morgan fingerprint density at radius 2 is 1.70 bits per heavy atom. The summed E-state index contributed by atoms with van der Waals surface area (Å²) in [7, 11) is 0. The van der Waals surface area contributed by atoms with Crippen LogP contribution in [0.25, 0.3) is 21.1 Å². The van der Waals surface area contributed by atoms with Crippen molar-refractivity contribution in [2.75, 3.05) is 0 Å². The Balaban J connectivity index is 1.90. The molecule has 102 valence electrons. The van der Waals surface area contributed by atoms with Crippen LogP contribution in [0, 0.1) is 0 Å². The number of hydrogen-bond donors (Lipinski definition) is 0. The van der Waals surface area contributed by atoms with Crippen LogP contribution in [-0.2, 0) is 6.18 Å². The van der Waals surface area contributed by atoms with Gasteiger partial charge in [0.15, 0.2) is 0 Å². The van der Waals surface area contributed by atoms with Crippen LogP contribution in [0.5, 0.6) is 0 Å². The highest BCUT2D eigenvalue weighted by atomic mass is 32.1. The number of halogens is 3. The molecule has 0 N–H and O–H groups in total. The summed E-state index contributed by atoms with van der Waals surface area (Å²) in [6, 6.07) is 9.00. The smallest absolute Gasteiger partial charge is 0.235 e. The lowest BCUT2D eigenvalue weighted by Crippen LogP contribution is -2.03. The zero-order valence-corrected chi connectivity index (χ0v) is 11.6. The molecule has 0 radical (unpaired) electrons. The highest BCUT2D eigenvalue weighted by Crippen LogP contribution is 2.33. The largest absolute Gasteiger partial charge is 0.416 e. The van der Waals surface area contributed by atoms with E-state index in [4.69, 9.17) is 0 Å². The van der Waals surface area contributed by atoms with Gasteiger partial charge in [0.25, 0.3) is 0 Å². The summed E-state index contributed by atoms with van der Waals surface area (Å²) in [6.45, 7) is 0. The number of thiazole rings is 1. The molecule has 0 aliphatic rings. The minimum atomic E-state index is -4.30. The zero-order chi connectivity index (χ0) is 14.2. The summed E-state index contributed by atoms with van der Waals surface area (Å²) >= 11 is 3.01. The van der Waals surface area contributed by atoms with Crippen LogP contribution in [0.4, 0.5) is 13.2 Å². The predicted octanol–water partition coefficient (Wildman–Crippen LogP) is 5.56. The lowest BCUT2D eigenvalue weighted by molar-refractivity contribution is -0.137. The molecule has 0 amide bonds. The van der Waals surface area contributed by atoms with Gasteiger partial charge in [-0.15, -0.1) is 22.7 Å². The van der Waals surface area contributed by atoms with Crippen molar-refractivity contribution < 1.29 is 13.2 Å². The number of benzene rings is 1. The van der Waals surface area contributed by atoms with Gasteiger partial charge in [0, 0.05) is 10.9 Å². The molecule has 2 aromatic heterocycles. The Bertz CT molecular complexity index is 697. The van der Waals surface area contributed by atoms with Crippen molar-refractivity contribution in [3.63, 3.8) is 0 Å². The van der Waals surface area contributed by atoms with Gasteiger partial charge in [-0.05, 0) is 23.6 Å². The van der Waals surface area contributed by atoms with E-state index in [-0.39, 0.29) is 0 Å². The quantitative estimate of drug-likeness (QED) is 0.604. The van der Waals surface area contributed by atoms with Crippen LogP contribution in [0.1, 0.15) is 5.56 Å². The summed E-state index contributed by atoms with van der Waals surface area (Å²) in [5, 5.41) is 4.60. The van der Waals surface area contributed by atoms with E-state index < -0.39 is 11.7 Å². The van der Waals surface area contributed by atoms with Gasteiger partial charge in [0.2, 0.25) is 0 Å². The fraction of sp³-hybridized carbons (Fsp3) is 0.0714. The van der Waals surface area contributed by atoms with E-state index in [0.717, 1.165) is 27.7 Å². The van der Waals surface area contributed by atoms with Crippen molar-refractivity contribution >= 4 is 22.7 Å². The average Bonchev–Trinajstić information content (AvgIpc) is 3.09. The summed E-state index contributed by atoms with van der Waals surface area (Å²) in [6.07, 6.45) is -4.30. The topological polar surface area (TPSA) is 12.9 Å². The van der Waals surface area contributed by atoms with Crippen LogP contribution in [-0.4, -0.2) is 4.98 Å². The number of nitrogens with zero attached hydrogens (tertiary/aromatic N) is 1. The third-order valence-electron chi connectivity index (χ3n) is 2.74. The molecule has 0 atom stereocenters. The van der Waals surface area contributed by atoms with Gasteiger partial charge < -0.3 is 0 Å². The van der Waals surface area contributed by atoms with Crippen LogP contribution >= 0.6 is 22.7 Å². The van der Waals surface area contributed by atoms with E-state index in [1.807, 2.05) is 22.9 Å². The highest BCUT2D eigenvalue weighted by Gasteiger charge is 2.30. The monoisotopic (exact) mass is 311 g/mol. The van der Waals surface area contributed by atoms with E-state index in [1.165, 1.54) is 23.5 Å². The van der Waals surface area contributed by atoms with Gasteiger partial charge in [-0.3, -0.25) is 0 Å². The SMILES string of the molecule is FC(F)(F)c1ccc(-c2nc(-c3cccs3)cs2)cc1.